The molecule has 14 heteroatoms. The minimum Gasteiger partial charge on any atom is -0.481 e. The number of carbonyl (C=O) groups is 6. The molecule has 5 amide bonds. The molecule has 13 nitrogen and oxygen atoms in total. The fourth-order valence-electron chi connectivity index (χ4n) is 4.74. The van der Waals surface area contributed by atoms with E-state index in [9.17, 15) is 33.9 Å². The summed E-state index contributed by atoms with van der Waals surface area (Å²) in [6.07, 6.45) is 3.62. The molecular formula is C35H47N5O8S. The van der Waals surface area contributed by atoms with E-state index in [0.717, 1.165) is 17.3 Å². The van der Waals surface area contributed by atoms with Crippen LogP contribution in [-0.2, 0) is 41.7 Å². The highest BCUT2D eigenvalue weighted by atomic mass is 32.2. The summed E-state index contributed by atoms with van der Waals surface area (Å²) >= 11 is 1.52. The number of nitrogens with one attached hydrogen (secondary N) is 4. The van der Waals surface area contributed by atoms with Crippen molar-refractivity contribution in [2.24, 2.45) is 16.8 Å². The first-order valence-electron chi connectivity index (χ1n) is 16.1. The van der Waals surface area contributed by atoms with Gasteiger partial charge in [-0.25, -0.2) is 4.79 Å². The third-order valence-electron chi connectivity index (χ3n) is 7.33. The van der Waals surface area contributed by atoms with Gasteiger partial charge in [0.1, 0.15) is 24.7 Å². The lowest BCUT2D eigenvalue weighted by atomic mass is 10.0. The van der Waals surface area contributed by atoms with Gasteiger partial charge in [0.15, 0.2) is 0 Å². The number of carbonyl (C=O) groups excluding carboxylic acids is 5. The molecule has 5 N–H and O–H groups in total. The summed E-state index contributed by atoms with van der Waals surface area (Å²) in [5.74, 6) is -3.15. The number of benzene rings is 2. The molecule has 0 bridgehead atoms. The van der Waals surface area contributed by atoms with Crippen LogP contribution in [0.25, 0.3) is 0 Å². The molecule has 1 unspecified atom stereocenters. The maximum atomic E-state index is 13.5. The van der Waals surface area contributed by atoms with E-state index in [1.54, 1.807) is 24.3 Å². The highest BCUT2D eigenvalue weighted by molar-refractivity contribution is 7.98. The van der Waals surface area contributed by atoms with E-state index in [4.69, 9.17) is 4.74 Å². The van der Waals surface area contributed by atoms with Crippen molar-refractivity contribution in [3.8, 4) is 0 Å². The lowest BCUT2D eigenvalue weighted by Gasteiger charge is -2.26. The number of carboxylic acid groups (broad SMARTS) is 1. The second kappa shape index (κ2) is 22.8. The Labute approximate surface area is 291 Å². The third kappa shape index (κ3) is 16.3. The summed E-state index contributed by atoms with van der Waals surface area (Å²) in [6, 6.07) is 15.3. The summed E-state index contributed by atoms with van der Waals surface area (Å²) in [6.45, 7) is 3.90. The van der Waals surface area contributed by atoms with Crippen LogP contribution in [0.15, 0.2) is 65.7 Å². The lowest BCUT2D eigenvalue weighted by Crippen LogP contribution is -2.57. The maximum absolute atomic E-state index is 13.5. The summed E-state index contributed by atoms with van der Waals surface area (Å²) in [5.41, 5.74) is 1.56. The van der Waals surface area contributed by atoms with Gasteiger partial charge in [0.25, 0.3) is 0 Å². The number of nitrogens with zero attached hydrogens (tertiary/aromatic N) is 1. The van der Waals surface area contributed by atoms with Crippen molar-refractivity contribution in [3.63, 3.8) is 0 Å². The van der Waals surface area contributed by atoms with Gasteiger partial charge in [-0.3, -0.25) is 24.0 Å². The van der Waals surface area contributed by atoms with Gasteiger partial charge in [0, 0.05) is 19.2 Å². The standard InChI is InChI=1S/C35H47N5O8S/c1-24(2)19-29(39-32(43)28(38-23-41)16-18-49-3)33(44)40-30(20-25-11-6-4-7-12-25)31(42)36-17-10-15-27(34(45)46)21-37-35(47)48-22-26-13-8-5-9-14-26/h4-9,11-14,21,23-24,27-30H,10,15-20,22H2,1-3H3,(H,36,42)(H,38,41)(H,39,43)(H,40,44)(H,45,46)/b37-21-/t27?,28-,29-,30-/m0/s1. The lowest BCUT2D eigenvalue weighted by molar-refractivity contribution is -0.139. The van der Waals surface area contributed by atoms with Crippen molar-refractivity contribution in [1.82, 2.24) is 21.3 Å². The minimum atomic E-state index is -1.18. The van der Waals surface area contributed by atoms with Crippen LogP contribution in [0, 0.1) is 11.8 Å². The predicted octanol–water partition coefficient (Wildman–Crippen LogP) is 3.12. The molecule has 0 radical (unpaired) electrons. The quantitative estimate of drug-likeness (QED) is 0.0699. The molecular weight excluding hydrogens is 650 g/mol. The number of rotatable bonds is 22. The molecule has 0 saturated heterocycles. The van der Waals surface area contributed by atoms with Gasteiger partial charge in [-0.1, -0.05) is 74.5 Å². The van der Waals surface area contributed by atoms with Gasteiger partial charge in [0.2, 0.25) is 24.1 Å². The Bertz CT molecular complexity index is 1380. The molecule has 0 aliphatic carbocycles. The average molecular weight is 698 g/mol. The molecule has 2 aromatic carbocycles. The van der Waals surface area contributed by atoms with Gasteiger partial charge in [-0.15, -0.1) is 0 Å². The van der Waals surface area contributed by atoms with Crippen molar-refractivity contribution in [2.45, 2.75) is 70.7 Å². The summed E-state index contributed by atoms with van der Waals surface area (Å²) in [4.78, 5) is 78.4. The van der Waals surface area contributed by atoms with E-state index in [2.05, 4.69) is 26.3 Å². The van der Waals surface area contributed by atoms with Gasteiger partial charge in [0.05, 0.1) is 5.92 Å². The number of aliphatic carboxylic acids is 1. The second-order valence-electron chi connectivity index (χ2n) is 11.8. The summed E-state index contributed by atoms with van der Waals surface area (Å²) in [5, 5.41) is 20.4. The first kappa shape index (κ1) is 40.5. The van der Waals surface area contributed by atoms with Gasteiger partial charge in [-0.05, 0) is 54.7 Å². The van der Waals surface area contributed by atoms with Crippen LogP contribution in [0.4, 0.5) is 4.79 Å². The van der Waals surface area contributed by atoms with Crippen LogP contribution in [0.5, 0.6) is 0 Å². The maximum Gasteiger partial charge on any atom is 0.433 e. The Morgan fingerprint density at radius 1 is 0.857 bits per heavy atom. The van der Waals surface area contributed by atoms with Crippen LogP contribution in [0.2, 0.25) is 0 Å². The Morgan fingerprint density at radius 2 is 1.47 bits per heavy atom. The number of amides is 5. The van der Waals surface area contributed by atoms with Crippen LogP contribution < -0.4 is 21.3 Å². The topological polar surface area (TPSA) is 192 Å². The van der Waals surface area contributed by atoms with Gasteiger partial charge >= 0.3 is 12.1 Å². The zero-order valence-electron chi connectivity index (χ0n) is 28.1. The fourth-order valence-corrected chi connectivity index (χ4v) is 5.21. The minimum absolute atomic E-state index is 0.00213. The van der Waals surface area contributed by atoms with Crippen molar-refractivity contribution >= 4 is 54.2 Å². The molecule has 0 spiro atoms. The fraction of sp³-hybridized carbons (Fsp3) is 0.457. The molecule has 0 saturated carbocycles. The Balaban J connectivity index is 2.04. The Morgan fingerprint density at radius 3 is 2.06 bits per heavy atom. The average Bonchev–Trinajstić information content (AvgIpc) is 3.08. The van der Waals surface area contributed by atoms with Gasteiger partial charge in [-0.2, -0.15) is 16.8 Å². The third-order valence-corrected chi connectivity index (χ3v) is 7.97. The number of ether oxygens (including phenoxy) is 1. The zero-order chi connectivity index (χ0) is 36.0. The largest absolute Gasteiger partial charge is 0.481 e. The first-order chi connectivity index (χ1) is 23.5. The van der Waals surface area contributed by atoms with Crippen molar-refractivity contribution in [3.05, 3.63) is 71.8 Å². The van der Waals surface area contributed by atoms with E-state index >= 15 is 0 Å². The molecule has 0 aromatic heterocycles. The molecule has 2 rings (SSSR count). The zero-order valence-corrected chi connectivity index (χ0v) is 28.9. The van der Waals surface area contributed by atoms with E-state index in [1.807, 2.05) is 56.5 Å². The molecule has 49 heavy (non-hydrogen) atoms. The number of thioether (sulfide) groups is 1. The highest BCUT2D eigenvalue weighted by Crippen LogP contribution is 2.10. The molecule has 2 aromatic rings. The van der Waals surface area contributed by atoms with Crippen molar-refractivity contribution in [2.75, 3.05) is 18.6 Å². The van der Waals surface area contributed by atoms with Gasteiger partial charge < -0.3 is 31.1 Å². The molecule has 0 fully saturated rings. The summed E-state index contributed by atoms with van der Waals surface area (Å²) < 4.78 is 5.06. The van der Waals surface area contributed by atoms with Crippen molar-refractivity contribution in [1.29, 1.82) is 0 Å². The predicted molar refractivity (Wildman–Crippen MR) is 188 cm³/mol. The normalized spacial score (nSPS) is 13.5. The van der Waals surface area contributed by atoms with Crippen LogP contribution in [0.3, 0.4) is 0 Å². The van der Waals surface area contributed by atoms with E-state index in [1.165, 1.54) is 11.8 Å². The molecule has 0 aliphatic heterocycles. The molecule has 0 aliphatic rings. The Hall–Kier alpha value is -4.72. The van der Waals surface area contributed by atoms with Crippen LogP contribution >= 0.6 is 11.8 Å². The van der Waals surface area contributed by atoms with E-state index in [0.29, 0.717) is 25.0 Å². The van der Waals surface area contributed by atoms with Crippen molar-refractivity contribution < 1.29 is 38.6 Å². The van der Waals surface area contributed by atoms with Crippen LogP contribution in [-0.4, -0.2) is 84.2 Å². The summed E-state index contributed by atoms with van der Waals surface area (Å²) in [7, 11) is 0. The second-order valence-corrected chi connectivity index (χ2v) is 12.7. The monoisotopic (exact) mass is 697 g/mol. The number of aliphatic imine (C=N–C) groups is 1. The number of carboxylic acids is 1. The molecule has 4 atom stereocenters. The molecule has 266 valence electrons. The smallest absolute Gasteiger partial charge is 0.433 e. The van der Waals surface area contributed by atoms with Crippen LogP contribution in [0.1, 0.15) is 50.7 Å². The van der Waals surface area contributed by atoms with E-state index < -0.39 is 53.8 Å². The number of hydrogen-bond acceptors (Lipinski definition) is 8. The Kier molecular flexibility index (Phi) is 18.8. The molecule has 0 heterocycles. The highest BCUT2D eigenvalue weighted by Gasteiger charge is 2.29. The first-order valence-corrected chi connectivity index (χ1v) is 17.5. The number of hydrogen-bond donors (Lipinski definition) is 5. The van der Waals surface area contributed by atoms with E-state index in [-0.39, 0.29) is 38.3 Å². The SMILES string of the molecule is CSCC[C@H](NC=O)C(=O)N[C@@H](CC(C)C)C(=O)N[C@@H](Cc1ccccc1)C(=O)NCCCC(/C=N\C(=O)OCc1ccccc1)C(=O)O.